The number of rotatable bonds is 4. The number of nitrogens with zero attached hydrogens (tertiary/aromatic N) is 1. The van der Waals surface area contributed by atoms with Crippen LogP contribution >= 0.6 is 0 Å². The van der Waals surface area contributed by atoms with Crippen LogP contribution in [0.4, 0.5) is 0 Å². The zero-order valence-electron chi connectivity index (χ0n) is 11.7. The second-order valence-corrected chi connectivity index (χ2v) is 7.53. The normalized spacial score (nSPS) is 20.1. The molecule has 0 spiro atoms. The fourth-order valence-electron chi connectivity index (χ4n) is 2.41. The van der Waals surface area contributed by atoms with Crippen molar-refractivity contribution in [2.45, 2.75) is 13.0 Å². The van der Waals surface area contributed by atoms with Crippen LogP contribution in [0.2, 0.25) is 0 Å². The number of carbonyl (C=O) groups excluding carboxylic acids is 1. The second kappa shape index (κ2) is 5.85. The van der Waals surface area contributed by atoms with Crippen LogP contribution in [0.25, 0.3) is 0 Å². The van der Waals surface area contributed by atoms with E-state index in [0.717, 1.165) is 5.56 Å². The van der Waals surface area contributed by atoms with Gasteiger partial charge in [-0.2, -0.15) is 0 Å². The highest BCUT2D eigenvalue weighted by atomic mass is 32.2. The molecule has 0 aromatic heterocycles. The highest BCUT2D eigenvalue weighted by molar-refractivity contribution is 7.91. The highest BCUT2D eigenvalue weighted by Crippen LogP contribution is 2.21. The average Bonchev–Trinajstić information content (AvgIpc) is 2.78. The number of carbonyl (C=O) groups is 2. The molecule has 1 saturated heterocycles. The summed E-state index contributed by atoms with van der Waals surface area (Å²) in [6.45, 7) is 0.329. The summed E-state index contributed by atoms with van der Waals surface area (Å²) < 4.78 is 22.8. The number of carboxylic acids is 1. The second-order valence-electron chi connectivity index (χ2n) is 5.30. The molecule has 1 amide bonds. The topological polar surface area (TPSA) is 91.8 Å². The molecular formula is C14H17NO5S. The SMILES string of the molecule is CN(Cc1ccc(C(=O)O)cc1)C(=O)[C@@H]1CCS(=O)(=O)C1. The quantitative estimate of drug-likeness (QED) is 0.887. The summed E-state index contributed by atoms with van der Waals surface area (Å²) in [5.41, 5.74) is 0.992. The number of sulfone groups is 1. The van der Waals surface area contributed by atoms with E-state index in [0.29, 0.717) is 13.0 Å². The van der Waals surface area contributed by atoms with Crippen molar-refractivity contribution in [1.82, 2.24) is 4.90 Å². The van der Waals surface area contributed by atoms with Crippen molar-refractivity contribution < 1.29 is 23.1 Å². The van der Waals surface area contributed by atoms with Crippen LogP contribution in [0.15, 0.2) is 24.3 Å². The summed E-state index contributed by atoms with van der Waals surface area (Å²) in [6, 6.07) is 6.27. The Bertz CT molecular complexity index is 650. The van der Waals surface area contributed by atoms with Crippen molar-refractivity contribution in [3.8, 4) is 0 Å². The largest absolute Gasteiger partial charge is 0.478 e. The van der Waals surface area contributed by atoms with Gasteiger partial charge < -0.3 is 10.0 Å². The van der Waals surface area contributed by atoms with Crippen molar-refractivity contribution in [2.24, 2.45) is 5.92 Å². The molecular weight excluding hydrogens is 294 g/mol. The maximum absolute atomic E-state index is 12.2. The molecule has 1 N–H and O–H groups in total. The zero-order valence-corrected chi connectivity index (χ0v) is 12.5. The minimum absolute atomic E-state index is 0.0740. The molecule has 1 fully saturated rings. The lowest BCUT2D eigenvalue weighted by Gasteiger charge is -2.20. The summed E-state index contributed by atoms with van der Waals surface area (Å²) in [6.07, 6.45) is 0.378. The highest BCUT2D eigenvalue weighted by Gasteiger charge is 2.34. The fourth-order valence-corrected chi connectivity index (χ4v) is 4.14. The molecule has 114 valence electrons. The van der Waals surface area contributed by atoms with Crippen molar-refractivity contribution in [2.75, 3.05) is 18.6 Å². The summed E-state index contributed by atoms with van der Waals surface area (Å²) in [5, 5.41) is 8.82. The molecule has 1 aromatic rings. The van der Waals surface area contributed by atoms with Crippen LogP contribution < -0.4 is 0 Å². The molecule has 1 heterocycles. The van der Waals surface area contributed by atoms with E-state index in [1.54, 1.807) is 19.2 Å². The first-order valence-corrected chi connectivity index (χ1v) is 8.38. The Morgan fingerprint density at radius 1 is 1.29 bits per heavy atom. The Labute approximate surface area is 123 Å². The van der Waals surface area contributed by atoms with E-state index in [9.17, 15) is 18.0 Å². The van der Waals surface area contributed by atoms with Crippen molar-refractivity contribution >= 4 is 21.7 Å². The van der Waals surface area contributed by atoms with E-state index in [-0.39, 0.29) is 23.0 Å². The lowest BCUT2D eigenvalue weighted by Crippen LogP contribution is -2.33. The first-order chi connectivity index (χ1) is 9.78. The van der Waals surface area contributed by atoms with Crippen molar-refractivity contribution in [3.05, 3.63) is 35.4 Å². The molecule has 0 radical (unpaired) electrons. The van der Waals surface area contributed by atoms with Crippen LogP contribution in [0.3, 0.4) is 0 Å². The van der Waals surface area contributed by atoms with E-state index < -0.39 is 21.7 Å². The molecule has 6 nitrogen and oxygen atoms in total. The third-order valence-corrected chi connectivity index (χ3v) is 5.35. The number of hydrogen-bond acceptors (Lipinski definition) is 4. The third kappa shape index (κ3) is 3.81. The minimum Gasteiger partial charge on any atom is -0.478 e. The maximum Gasteiger partial charge on any atom is 0.335 e. The maximum atomic E-state index is 12.2. The molecule has 1 aliphatic rings. The molecule has 7 heteroatoms. The lowest BCUT2D eigenvalue weighted by atomic mass is 10.1. The van der Waals surface area contributed by atoms with Gasteiger partial charge in [-0.05, 0) is 24.1 Å². The van der Waals surface area contributed by atoms with Gasteiger partial charge in [-0.3, -0.25) is 4.79 Å². The summed E-state index contributed by atoms with van der Waals surface area (Å²) >= 11 is 0. The molecule has 0 aliphatic carbocycles. The Morgan fingerprint density at radius 3 is 2.38 bits per heavy atom. The van der Waals surface area contributed by atoms with Crippen molar-refractivity contribution in [3.63, 3.8) is 0 Å². The van der Waals surface area contributed by atoms with Gasteiger partial charge in [0.2, 0.25) is 5.91 Å². The number of amides is 1. The molecule has 1 aromatic carbocycles. The van der Waals surface area contributed by atoms with Crippen molar-refractivity contribution in [1.29, 1.82) is 0 Å². The van der Waals surface area contributed by atoms with E-state index in [1.807, 2.05) is 0 Å². The molecule has 1 aliphatic heterocycles. The smallest absolute Gasteiger partial charge is 0.335 e. The molecule has 0 bridgehead atoms. The van der Waals surface area contributed by atoms with Gasteiger partial charge in [-0.25, -0.2) is 13.2 Å². The summed E-state index contributed by atoms with van der Waals surface area (Å²) in [7, 11) is -1.45. The predicted octanol–water partition coefficient (Wildman–Crippen LogP) is 0.778. The molecule has 2 rings (SSSR count). The Hall–Kier alpha value is -1.89. The van der Waals surface area contributed by atoms with E-state index in [4.69, 9.17) is 5.11 Å². The van der Waals surface area contributed by atoms with E-state index in [1.165, 1.54) is 17.0 Å². The van der Waals surface area contributed by atoms with Crippen LogP contribution in [0.1, 0.15) is 22.3 Å². The van der Waals surface area contributed by atoms with Crippen LogP contribution in [0, 0.1) is 5.92 Å². The van der Waals surface area contributed by atoms with Crippen LogP contribution in [-0.4, -0.2) is 48.9 Å². The molecule has 21 heavy (non-hydrogen) atoms. The molecule has 1 atom stereocenters. The van der Waals surface area contributed by atoms with Gasteiger partial charge in [0.15, 0.2) is 9.84 Å². The Morgan fingerprint density at radius 2 is 1.90 bits per heavy atom. The van der Waals surface area contributed by atoms with E-state index in [2.05, 4.69) is 0 Å². The number of benzene rings is 1. The summed E-state index contributed by atoms with van der Waals surface area (Å²) in [4.78, 5) is 24.4. The Balaban J connectivity index is 1.99. The summed E-state index contributed by atoms with van der Waals surface area (Å²) in [5.74, 6) is -1.64. The monoisotopic (exact) mass is 311 g/mol. The fraction of sp³-hybridized carbons (Fsp3) is 0.429. The third-order valence-electron chi connectivity index (χ3n) is 3.58. The number of hydrogen-bond donors (Lipinski definition) is 1. The van der Waals surface area contributed by atoms with Gasteiger partial charge >= 0.3 is 5.97 Å². The average molecular weight is 311 g/mol. The molecule has 0 unspecified atom stereocenters. The number of aromatic carboxylic acids is 1. The standard InChI is InChI=1S/C14H17NO5S/c1-15(13(16)12-6-7-21(19,20)9-12)8-10-2-4-11(5-3-10)14(17)18/h2-5,12H,6-9H2,1H3,(H,17,18)/t12-/m1/s1. The first-order valence-electron chi connectivity index (χ1n) is 6.56. The van der Waals surface area contributed by atoms with E-state index >= 15 is 0 Å². The van der Waals surface area contributed by atoms with Gasteiger partial charge in [-0.15, -0.1) is 0 Å². The lowest BCUT2D eigenvalue weighted by molar-refractivity contribution is -0.133. The van der Waals surface area contributed by atoms with Gasteiger partial charge in [0, 0.05) is 13.6 Å². The Kier molecular flexibility index (Phi) is 4.32. The van der Waals surface area contributed by atoms with Gasteiger partial charge in [0.1, 0.15) is 0 Å². The zero-order chi connectivity index (χ0) is 15.6. The van der Waals surface area contributed by atoms with Crippen LogP contribution in [-0.2, 0) is 21.2 Å². The predicted molar refractivity (Wildman–Crippen MR) is 76.6 cm³/mol. The minimum atomic E-state index is -3.07. The molecule has 0 saturated carbocycles. The first kappa shape index (κ1) is 15.5. The van der Waals surface area contributed by atoms with Gasteiger partial charge in [0.25, 0.3) is 0 Å². The number of carboxylic acid groups (broad SMARTS) is 1. The van der Waals surface area contributed by atoms with Gasteiger partial charge in [0.05, 0.1) is 23.0 Å². The van der Waals surface area contributed by atoms with Crippen LogP contribution in [0.5, 0.6) is 0 Å². The van der Waals surface area contributed by atoms with Gasteiger partial charge in [-0.1, -0.05) is 12.1 Å².